The molecule has 17 heavy (non-hydrogen) atoms. The molecule has 0 bridgehead atoms. The Hall–Kier alpha value is 0.164. The summed E-state index contributed by atoms with van der Waals surface area (Å²) in [5.41, 5.74) is 0. The topological polar surface area (TPSA) is 72.8 Å². The molecule has 0 aromatic carbocycles. The number of aliphatic hydroxyl groups excluding tert-OH is 1. The maximum atomic E-state index is 11.3. The van der Waals surface area contributed by atoms with Crippen molar-refractivity contribution in [3.8, 4) is 0 Å². The number of hydrogen-bond donors (Lipinski definition) is 1. The van der Waals surface area contributed by atoms with Crippen molar-refractivity contribution in [3.63, 3.8) is 0 Å². The quantitative estimate of drug-likeness (QED) is 0.581. The third kappa shape index (κ3) is 6.04. The van der Waals surface area contributed by atoms with E-state index in [1.165, 1.54) is 6.92 Å². The van der Waals surface area contributed by atoms with Crippen LogP contribution in [0.5, 0.6) is 0 Å². The minimum absolute atomic E-state index is 0. The summed E-state index contributed by atoms with van der Waals surface area (Å²) in [5.74, 6) is -0.483. The standard InChI is InChI=1S/C11H17O5.Y/c1-7(13)3-4-11(14)16-9-5-8(2)15-10(9)6-12;/h5,8-10,12H,3-4,6H2,1-2H3;/q-1;/t8-,9?,10+;/m0./s1. The molecule has 1 aliphatic rings. The number of ketones is 1. The molecule has 1 saturated heterocycles. The summed E-state index contributed by atoms with van der Waals surface area (Å²) in [6, 6.07) is 0. The molecule has 1 N–H and O–H groups in total. The van der Waals surface area contributed by atoms with Crippen LogP contribution in [0.15, 0.2) is 0 Å². The average molecular weight is 318 g/mol. The summed E-state index contributed by atoms with van der Waals surface area (Å²) in [4.78, 5) is 22.0. The van der Waals surface area contributed by atoms with Crippen molar-refractivity contribution in [3.05, 3.63) is 6.42 Å². The zero-order valence-electron chi connectivity index (χ0n) is 10.1. The van der Waals surface area contributed by atoms with Crippen LogP contribution in [0.4, 0.5) is 0 Å². The fourth-order valence-corrected chi connectivity index (χ4v) is 1.54. The molecule has 95 valence electrons. The molecule has 0 aliphatic carbocycles. The van der Waals surface area contributed by atoms with E-state index in [4.69, 9.17) is 14.6 Å². The van der Waals surface area contributed by atoms with Gasteiger partial charge in [0.25, 0.3) is 0 Å². The number of hydrogen-bond acceptors (Lipinski definition) is 5. The second kappa shape index (κ2) is 8.30. The Bertz CT molecular complexity index is 269. The predicted molar refractivity (Wildman–Crippen MR) is 55.5 cm³/mol. The first-order chi connectivity index (χ1) is 7.52. The number of carbonyl (C=O) groups is 2. The molecule has 0 saturated carbocycles. The molecule has 1 radical (unpaired) electrons. The Kier molecular flexibility index (Phi) is 8.38. The average Bonchev–Trinajstić information content (AvgIpc) is 2.55. The molecule has 1 heterocycles. The molecule has 1 rings (SSSR count). The summed E-state index contributed by atoms with van der Waals surface area (Å²) >= 11 is 0. The van der Waals surface area contributed by atoms with Crippen LogP contribution in [0, 0.1) is 6.42 Å². The van der Waals surface area contributed by atoms with Crippen LogP contribution in [-0.2, 0) is 51.8 Å². The monoisotopic (exact) mass is 318 g/mol. The van der Waals surface area contributed by atoms with Crippen LogP contribution < -0.4 is 0 Å². The SMILES string of the molecule is CC(=O)CCC(=O)OC1[CH-][C@H](C)O[C@@H]1CO.[Y]. The maximum Gasteiger partial charge on any atom is 0.303 e. The van der Waals surface area contributed by atoms with Crippen LogP contribution in [0.3, 0.4) is 0 Å². The summed E-state index contributed by atoms with van der Waals surface area (Å²) < 4.78 is 10.4. The van der Waals surface area contributed by atoms with E-state index >= 15 is 0 Å². The minimum atomic E-state index is -0.514. The number of esters is 1. The maximum absolute atomic E-state index is 11.3. The van der Waals surface area contributed by atoms with Gasteiger partial charge in [-0.25, -0.2) is 0 Å². The van der Waals surface area contributed by atoms with Gasteiger partial charge in [-0.1, -0.05) is 13.0 Å². The zero-order valence-corrected chi connectivity index (χ0v) is 12.9. The van der Waals surface area contributed by atoms with Crippen LogP contribution in [-0.4, -0.2) is 41.8 Å². The molecular formula is C11H17O5Y-. The molecule has 1 fully saturated rings. The van der Waals surface area contributed by atoms with Crippen LogP contribution >= 0.6 is 0 Å². The van der Waals surface area contributed by atoms with Gasteiger partial charge in [0.2, 0.25) is 0 Å². The van der Waals surface area contributed by atoms with E-state index in [-0.39, 0.29) is 64.0 Å². The van der Waals surface area contributed by atoms with Crippen molar-refractivity contribution in [2.45, 2.75) is 45.0 Å². The van der Waals surface area contributed by atoms with E-state index in [0.717, 1.165) is 0 Å². The molecule has 1 unspecified atom stereocenters. The van der Waals surface area contributed by atoms with Gasteiger partial charge in [0.15, 0.2) is 0 Å². The van der Waals surface area contributed by atoms with E-state index in [2.05, 4.69) is 0 Å². The molecule has 0 aromatic heterocycles. The third-order valence-electron chi connectivity index (χ3n) is 2.35. The predicted octanol–water partition coefficient (Wildman–Crippen LogP) is 0.249. The van der Waals surface area contributed by atoms with Gasteiger partial charge in [0.1, 0.15) is 5.78 Å². The second-order valence-corrected chi connectivity index (χ2v) is 3.91. The van der Waals surface area contributed by atoms with Gasteiger partial charge in [0.05, 0.1) is 19.1 Å². The Morgan fingerprint density at radius 3 is 2.59 bits per heavy atom. The Balaban J connectivity index is 0.00000256. The Morgan fingerprint density at radius 1 is 1.41 bits per heavy atom. The Morgan fingerprint density at radius 2 is 2.06 bits per heavy atom. The normalized spacial score (nSPS) is 27.4. The van der Waals surface area contributed by atoms with E-state index in [1.807, 2.05) is 6.92 Å². The second-order valence-electron chi connectivity index (χ2n) is 3.91. The zero-order chi connectivity index (χ0) is 12.1. The fraction of sp³-hybridized carbons (Fsp3) is 0.727. The van der Waals surface area contributed by atoms with Crippen molar-refractivity contribution in [1.82, 2.24) is 0 Å². The first-order valence-corrected chi connectivity index (χ1v) is 5.33. The summed E-state index contributed by atoms with van der Waals surface area (Å²) in [5, 5.41) is 8.99. The van der Waals surface area contributed by atoms with E-state index in [1.54, 1.807) is 6.42 Å². The minimum Gasteiger partial charge on any atom is -0.492 e. The van der Waals surface area contributed by atoms with Gasteiger partial charge in [-0.2, -0.15) is 0 Å². The summed E-state index contributed by atoms with van der Waals surface area (Å²) in [6.07, 6.45) is 0.850. The van der Waals surface area contributed by atoms with Gasteiger partial charge in [-0.3, -0.25) is 11.2 Å². The van der Waals surface area contributed by atoms with Crippen LogP contribution in [0.25, 0.3) is 0 Å². The number of carbonyl (C=O) groups excluding carboxylic acids is 2. The number of ether oxygens (including phenoxy) is 2. The van der Waals surface area contributed by atoms with Gasteiger partial charge in [-0.05, 0) is 6.92 Å². The van der Waals surface area contributed by atoms with E-state index in [9.17, 15) is 9.59 Å². The largest absolute Gasteiger partial charge is 0.492 e. The van der Waals surface area contributed by atoms with Gasteiger partial charge in [-0.15, -0.1) is 0 Å². The van der Waals surface area contributed by atoms with Gasteiger partial charge in [0, 0.05) is 45.2 Å². The molecular weight excluding hydrogens is 301 g/mol. The van der Waals surface area contributed by atoms with Crippen molar-refractivity contribution >= 4 is 11.8 Å². The van der Waals surface area contributed by atoms with Crippen molar-refractivity contribution in [2.75, 3.05) is 6.61 Å². The molecule has 1 aliphatic heterocycles. The number of aliphatic hydroxyl groups is 1. The first-order valence-electron chi connectivity index (χ1n) is 5.33. The smallest absolute Gasteiger partial charge is 0.303 e. The van der Waals surface area contributed by atoms with Crippen molar-refractivity contribution < 1.29 is 56.9 Å². The van der Waals surface area contributed by atoms with Crippen LogP contribution in [0.2, 0.25) is 0 Å². The summed E-state index contributed by atoms with van der Waals surface area (Å²) in [7, 11) is 0. The Labute approximate surface area is 126 Å². The molecule has 0 spiro atoms. The number of Topliss-reactive ketones (excluding diaryl/α,β-unsaturated/α-hetero) is 1. The summed E-state index contributed by atoms with van der Waals surface area (Å²) in [6.45, 7) is 3.05. The molecule has 6 heteroatoms. The van der Waals surface area contributed by atoms with Gasteiger partial charge < -0.3 is 19.4 Å². The third-order valence-corrected chi connectivity index (χ3v) is 2.35. The van der Waals surface area contributed by atoms with E-state index in [0.29, 0.717) is 0 Å². The molecule has 3 atom stereocenters. The van der Waals surface area contributed by atoms with E-state index < -0.39 is 18.2 Å². The van der Waals surface area contributed by atoms with Crippen molar-refractivity contribution in [2.24, 2.45) is 0 Å². The number of rotatable bonds is 5. The fourth-order valence-electron chi connectivity index (χ4n) is 1.54. The van der Waals surface area contributed by atoms with Gasteiger partial charge >= 0.3 is 5.97 Å². The first kappa shape index (κ1) is 17.2. The molecule has 0 aromatic rings. The van der Waals surface area contributed by atoms with Crippen LogP contribution in [0.1, 0.15) is 26.7 Å². The molecule has 5 nitrogen and oxygen atoms in total. The molecule has 0 amide bonds. The van der Waals surface area contributed by atoms with Crippen molar-refractivity contribution in [1.29, 1.82) is 0 Å².